The molecule has 0 radical (unpaired) electrons. The van der Waals surface area contributed by atoms with E-state index in [-0.39, 0.29) is 5.41 Å². The summed E-state index contributed by atoms with van der Waals surface area (Å²) in [6.07, 6.45) is 10.1. The summed E-state index contributed by atoms with van der Waals surface area (Å²) in [7, 11) is 0. The third kappa shape index (κ3) is 3.72. The van der Waals surface area contributed by atoms with Crippen LogP contribution in [0, 0.1) is 0 Å². The van der Waals surface area contributed by atoms with E-state index < -0.39 is 0 Å². The Bertz CT molecular complexity index is 1520. The minimum atomic E-state index is -0.0190. The van der Waals surface area contributed by atoms with Crippen LogP contribution in [0.15, 0.2) is 120 Å². The van der Waals surface area contributed by atoms with Gasteiger partial charge in [0.25, 0.3) is 0 Å². The summed E-state index contributed by atoms with van der Waals surface area (Å²) in [6, 6.07) is 31.3. The van der Waals surface area contributed by atoms with Gasteiger partial charge in [-0.1, -0.05) is 110 Å². The van der Waals surface area contributed by atoms with Crippen LogP contribution in [0.25, 0.3) is 21.9 Å². The number of hydrogen-bond donors (Lipinski definition) is 0. The minimum absolute atomic E-state index is 0.0190. The molecule has 0 heterocycles. The molecule has 6 rings (SSSR count). The molecule has 0 bridgehead atoms. The van der Waals surface area contributed by atoms with E-state index in [2.05, 4.69) is 135 Å². The molecular weight excluding hydrogens is 422 g/mol. The first-order valence-corrected chi connectivity index (χ1v) is 12.5. The van der Waals surface area contributed by atoms with E-state index in [1.165, 1.54) is 55.5 Å². The van der Waals surface area contributed by atoms with Gasteiger partial charge in [0.05, 0.1) is 0 Å². The lowest BCUT2D eigenvalue weighted by Gasteiger charge is -2.29. The summed E-state index contributed by atoms with van der Waals surface area (Å²) in [4.78, 5) is 2.50. The number of nitrogens with zero attached hydrogens (tertiary/aromatic N) is 1. The number of hydrogen-bond acceptors (Lipinski definition) is 1. The van der Waals surface area contributed by atoms with Gasteiger partial charge in [0.2, 0.25) is 0 Å². The topological polar surface area (TPSA) is 3.24 Å². The molecule has 0 saturated heterocycles. The van der Waals surface area contributed by atoms with Crippen LogP contribution in [0.2, 0.25) is 0 Å². The fourth-order valence-electron chi connectivity index (χ4n) is 5.68. The molecule has 0 atom stereocenters. The molecule has 0 fully saturated rings. The number of allylic oxidation sites excluding steroid dienone is 4. The fourth-order valence-corrected chi connectivity index (χ4v) is 5.68. The monoisotopic (exact) mass is 453 g/mol. The van der Waals surface area contributed by atoms with Crippen LogP contribution in [0.3, 0.4) is 0 Å². The lowest BCUT2D eigenvalue weighted by molar-refractivity contribution is 0.660. The number of benzene rings is 4. The maximum absolute atomic E-state index is 2.50. The predicted molar refractivity (Wildman–Crippen MR) is 151 cm³/mol. The summed E-state index contributed by atoms with van der Waals surface area (Å²) in [6.45, 7) is 7.74. The SMILES string of the molecule is CC1=CC=CC(CN(c2ccc3c(c2)C(C)(C)c2ccccc2-3)c2cccc3ccccc23)=CC1. The van der Waals surface area contributed by atoms with Gasteiger partial charge in [-0.05, 0) is 64.8 Å². The Balaban J connectivity index is 1.51. The van der Waals surface area contributed by atoms with Crippen LogP contribution >= 0.6 is 0 Å². The second-order valence-electron chi connectivity index (χ2n) is 10.3. The molecule has 4 aromatic carbocycles. The van der Waals surface area contributed by atoms with Crippen molar-refractivity contribution >= 4 is 22.1 Å². The molecule has 0 amide bonds. The highest BCUT2D eigenvalue weighted by molar-refractivity contribution is 5.96. The lowest BCUT2D eigenvalue weighted by Crippen LogP contribution is -2.21. The highest BCUT2D eigenvalue weighted by Gasteiger charge is 2.35. The molecule has 2 aliphatic rings. The van der Waals surface area contributed by atoms with E-state index in [0.717, 1.165) is 13.0 Å². The molecule has 35 heavy (non-hydrogen) atoms. The summed E-state index contributed by atoms with van der Waals surface area (Å²) in [5, 5.41) is 2.55. The average molecular weight is 454 g/mol. The first kappa shape index (κ1) is 21.7. The largest absolute Gasteiger partial charge is 0.336 e. The summed E-state index contributed by atoms with van der Waals surface area (Å²) in [5.74, 6) is 0. The summed E-state index contributed by atoms with van der Waals surface area (Å²) < 4.78 is 0. The third-order valence-electron chi connectivity index (χ3n) is 7.65. The normalized spacial score (nSPS) is 15.7. The second-order valence-corrected chi connectivity index (χ2v) is 10.3. The molecule has 0 spiro atoms. The average Bonchev–Trinajstić information content (AvgIpc) is 2.98. The molecule has 4 aromatic rings. The smallest absolute Gasteiger partial charge is 0.0493 e. The maximum atomic E-state index is 2.50. The van der Waals surface area contributed by atoms with Crippen LogP contribution in [0.1, 0.15) is 38.3 Å². The molecule has 0 saturated carbocycles. The Hall–Kier alpha value is -3.84. The number of rotatable bonds is 4. The zero-order valence-electron chi connectivity index (χ0n) is 20.8. The van der Waals surface area contributed by atoms with E-state index >= 15 is 0 Å². The highest BCUT2D eigenvalue weighted by atomic mass is 15.1. The van der Waals surface area contributed by atoms with Gasteiger partial charge in [-0.15, -0.1) is 0 Å². The third-order valence-corrected chi connectivity index (χ3v) is 7.65. The van der Waals surface area contributed by atoms with E-state index in [0.29, 0.717) is 0 Å². The van der Waals surface area contributed by atoms with Gasteiger partial charge >= 0.3 is 0 Å². The zero-order chi connectivity index (χ0) is 24.0. The fraction of sp³-hybridized carbons (Fsp3) is 0.176. The first-order valence-electron chi connectivity index (χ1n) is 12.5. The van der Waals surface area contributed by atoms with Crippen LogP contribution < -0.4 is 4.90 Å². The van der Waals surface area contributed by atoms with Crippen LogP contribution in [0.4, 0.5) is 11.4 Å². The van der Waals surface area contributed by atoms with E-state index in [1.807, 2.05) is 0 Å². The molecule has 0 N–H and O–H groups in total. The van der Waals surface area contributed by atoms with Gasteiger partial charge in [-0.3, -0.25) is 0 Å². The van der Waals surface area contributed by atoms with Gasteiger partial charge < -0.3 is 4.90 Å². The maximum Gasteiger partial charge on any atom is 0.0493 e. The van der Waals surface area contributed by atoms with Crippen molar-refractivity contribution in [2.24, 2.45) is 0 Å². The summed E-state index contributed by atoms with van der Waals surface area (Å²) >= 11 is 0. The molecule has 1 heteroatoms. The van der Waals surface area contributed by atoms with Gasteiger partial charge in [-0.25, -0.2) is 0 Å². The van der Waals surface area contributed by atoms with Crippen LogP contribution in [0.5, 0.6) is 0 Å². The van der Waals surface area contributed by atoms with Gasteiger partial charge in [-0.2, -0.15) is 0 Å². The number of anilines is 2. The van der Waals surface area contributed by atoms with E-state index in [1.54, 1.807) is 0 Å². The quantitative estimate of drug-likeness (QED) is 0.298. The molecule has 172 valence electrons. The minimum Gasteiger partial charge on any atom is -0.336 e. The molecule has 2 aliphatic carbocycles. The van der Waals surface area contributed by atoms with Crippen molar-refractivity contribution < 1.29 is 0 Å². The lowest BCUT2D eigenvalue weighted by atomic mass is 9.82. The van der Waals surface area contributed by atoms with Crippen molar-refractivity contribution in [3.05, 3.63) is 132 Å². The van der Waals surface area contributed by atoms with Crippen molar-refractivity contribution in [2.45, 2.75) is 32.6 Å². The molecule has 0 aliphatic heterocycles. The first-order chi connectivity index (χ1) is 17.0. The number of fused-ring (bicyclic) bond motifs is 4. The van der Waals surface area contributed by atoms with Crippen LogP contribution in [-0.4, -0.2) is 6.54 Å². The molecule has 0 aromatic heterocycles. The predicted octanol–water partition coefficient (Wildman–Crippen LogP) is 9.12. The van der Waals surface area contributed by atoms with Gasteiger partial charge in [0.1, 0.15) is 0 Å². The molecule has 1 nitrogen and oxygen atoms in total. The highest BCUT2D eigenvalue weighted by Crippen LogP contribution is 2.50. The Morgan fingerprint density at radius 2 is 1.57 bits per heavy atom. The van der Waals surface area contributed by atoms with E-state index in [4.69, 9.17) is 0 Å². The van der Waals surface area contributed by atoms with Gasteiger partial charge in [0, 0.05) is 28.7 Å². The van der Waals surface area contributed by atoms with Gasteiger partial charge in [0.15, 0.2) is 0 Å². The van der Waals surface area contributed by atoms with E-state index in [9.17, 15) is 0 Å². The van der Waals surface area contributed by atoms with Crippen molar-refractivity contribution in [1.29, 1.82) is 0 Å². The Labute approximate surface area is 208 Å². The second kappa shape index (κ2) is 8.43. The summed E-state index contributed by atoms with van der Waals surface area (Å²) in [5.41, 5.74) is 10.8. The Kier molecular flexibility index (Phi) is 5.22. The van der Waals surface area contributed by atoms with Crippen molar-refractivity contribution in [1.82, 2.24) is 0 Å². The Morgan fingerprint density at radius 1 is 0.800 bits per heavy atom. The molecule has 0 unspecified atom stereocenters. The van der Waals surface area contributed by atoms with Crippen molar-refractivity contribution in [2.75, 3.05) is 11.4 Å². The van der Waals surface area contributed by atoms with Crippen LogP contribution in [-0.2, 0) is 5.41 Å². The van der Waals surface area contributed by atoms with Crippen molar-refractivity contribution in [3.63, 3.8) is 0 Å². The standard InChI is InChI=1S/C34H31N/c1-24-10-8-11-25(19-18-24)23-35(33-17-9-13-26-12-4-5-14-28(26)33)27-20-21-30-29-15-6-7-16-31(29)34(2,3)32(30)22-27/h4-17,19-22H,18,23H2,1-3H3. The molecular formula is C34H31N. The van der Waals surface area contributed by atoms with Crippen molar-refractivity contribution in [3.8, 4) is 11.1 Å². The Morgan fingerprint density at radius 3 is 2.49 bits per heavy atom. The zero-order valence-corrected chi connectivity index (χ0v) is 20.8.